The second-order valence-corrected chi connectivity index (χ2v) is 4.49. The van der Waals surface area contributed by atoms with Crippen LogP contribution < -0.4 is 10.5 Å². The number of methoxy groups -OCH3 is 1. The molecule has 0 spiro atoms. The molecule has 0 aliphatic rings. The smallest absolute Gasteiger partial charge is 0.162 e. The molecule has 0 aliphatic heterocycles. The van der Waals surface area contributed by atoms with E-state index in [-0.39, 0.29) is 5.78 Å². The molecule has 0 radical (unpaired) electrons. The first-order chi connectivity index (χ1) is 9.60. The van der Waals surface area contributed by atoms with Crippen molar-refractivity contribution in [3.8, 4) is 11.5 Å². The largest absolute Gasteiger partial charge is 0.457 e. The zero-order valence-electron chi connectivity index (χ0n) is 11.6. The van der Waals surface area contributed by atoms with E-state index in [1.807, 2.05) is 24.3 Å². The van der Waals surface area contributed by atoms with Gasteiger partial charge in [0.15, 0.2) is 5.78 Å². The van der Waals surface area contributed by atoms with E-state index in [1.54, 1.807) is 25.3 Å². The Morgan fingerprint density at radius 2 is 1.90 bits per heavy atom. The summed E-state index contributed by atoms with van der Waals surface area (Å²) in [6.45, 7) is 2.01. The van der Waals surface area contributed by atoms with Crippen LogP contribution in [0, 0.1) is 0 Å². The molecule has 2 aromatic rings. The molecule has 2 N–H and O–H groups in total. The van der Waals surface area contributed by atoms with Crippen molar-refractivity contribution in [1.29, 1.82) is 0 Å². The minimum Gasteiger partial charge on any atom is -0.457 e. The number of carbonyl (C=O) groups excluding carboxylic acids is 1. The Hall–Kier alpha value is -2.33. The minimum atomic E-state index is -0.0823. The van der Waals surface area contributed by atoms with Crippen LogP contribution >= 0.6 is 0 Å². The highest BCUT2D eigenvalue weighted by Crippen LogP contribution is 2.26. The van der Waals surface area contributed by atoms with Gasteiger partial charge in [0.2, 0.25) is 0 Å². The summed E-state index contributed by atoms with van der Waals surface area (Å²) in [5.41, 5.74) is 7.70. The van der Waals surface area contributed by atoms with Crippen LogP contribution in [0.3, 0.4) is 0 Å². The van der Waals surface area contributed by atoms with Crippen molar-refractivity contribution in [2.45, 2.75) is 13.5 Å². The van der Waals surface area contributed by atoms with E-state index in [0.29, 0.717) is 29.4 Å². The van der Waals surface area contributed by atoms with Crippen molar-refractivity contribution in [3.63, 3.8) is 0 Å². The summed E-state index contributed by atoms with van der Waals surface area (Å²) in [6.07, 6.45) is 0. The highest BCUT2D eigenvalue weighted by Gasteiger charge is 2.07. The number of Topliss-reactive ketones (excluding diaryl/α,β-unsaturated/α-hetero) is 1. The Morgan fingerprint density at radius 1 is 1.15 bits per heavy atom. The second-order valence-electron chi connectivity index (χ2n) is 4.49. The van der Waals surface area contributed by atoms with Crippen molar-refractivity contribution >= 4 is 11.5 Å². The van der Waals surface area contributed by atoms with Crippen LogP contribution in [0.4, 0.5) is 5.69 Å². The normalized spacial score (nSPS) is 10.3. The van der Waals surface area contributed by atoms with Gasteiger partial charge in [-0.3, -0.25) is 4.79 Å². The van der Waals surface area contributed by atoms with Gasteiger partial charge in [-0.25, -0.2) is 0 Å². The Kier molecular flexibility index (Phi) is 4.38. The third kappa shape index (κ3) is 3.36. The lowest BCUT2D eigenvalue weighted by Gasteiger charge is -2.09. The zero-order chi connectivity index (χ0) is 14.5. The molecule has 0 atom stereocenters. The third-order valence-corrected chi connectivity index (χ3v) is 2.85. The van der Waals surface area contributed by atoms with Crippen LogP contribution in [0.5, 0.6) is 11.5 Å². The number of nitrogen functional groups attached to an aromatic ring is 1. The lowest BCUT2D eigenvalue weighted by atomic mass is 10.1. The molecule has 104 valence electrons. The molecule has 4 heteroatoms. The Labute approximate surface area is 118 Å². The molecule has 2 rings (SSSR count). The molecule has 0 aliphatic carbocycles. The van der Waals surface area contributed by atoms with Crippen molar-refractivity contribution < 1.29 is 14.3 Å². The van der Waals surface area contributed by atoms with E-state index in [9.17, 15) is 4.79 Å². The van der Waals surface area contributed by atoms with Crippen molar-refractivity contribution in [3.05, 3.63) is 53.6 Å². The van der Waals surface area contributed by atoms with Crippen molar-refractivity contribution in [1.82, 2.24) is 0 Å². The average molecular weight is 271 g/mol. The maximum absolute atomic E-state index is 11.5. The first kappa shape index (κ1) is 14.1. The number of benzene rings is 2. The highest BCUT2D eigenvalue weighted by molar-refractivity contribution is 5.99. The quantitative estimate of drug-likeness (QED) is 0.668. The predicted molar refractivity (Wildman–Crippen MR) is 78.1 cm³/mol. The van der Waals surface area contributed by atoms with Gasteiger partial charge in [0.05, 0.1) is 6.61 Å². The Bertz CT molecular complexity index is 623. The van der Waals surface area contributed by atoms with E-state index in [0.717, 1.165) is 5.56 Å². The van der Waals surface area contributed by atoms with Gasteiger partial charge in [0.1, 0.15) is 11.5 Å². The summed E-state index contributed by atoms with van der Waals surface area (Å²) in [5, 5.41) is 0. The van der Waals surface area contributed by atoms with E-state index in [4.69, 9.17) is 15.2 Å². The van der Waals surface area contributed by atoms with Gasteiger partial charge in [-0.1, -0.05) is 12.1 Å². The number of hydrogen-bond acceptors (Lipinski definition) is 4. The topological polar surface area (TPSA) is 61.6 Å². The average Bonchev–Trinajstić information content (AvgIpc) is 2.41. The maximum atomic E-state index is 11.5. The van der Waals surface area contributed by atoms with Crippen LogP contribution in [0.25, 0.3) is 0 Å². The summed E-state index contributed by atoms with van der Waals surface area (Å²) in [4.78, 5) is 11.5. The van der Waals surface area contributed by atoms with Gasteiger partial charge in [-0.05, 0) is 42.8 Å². The van der Waals surface area contributed by atoms with Gasteiger partial charge in [0.25, 0.3) is 0 Å². The van der Waals surface area contributed by atoms with Crippen LogP contribution in [0.1, 0.15) is 22.8 Å². The summed E-state index contributed by atoms with van der Waals surface area (Å²) < 4.78 is 10.8. The number of ether oxygens (including phenoxy) is 2. The molecule has 20 heavy (non-hydrogen) atoms. The van der Waals surface area contributed by atoms with Gasteiger partial charge in [0, 0.05) is 18.4 Å². The Morgan fingerprint density at radius 3 is 2.60 bits per heavy atom. The van der Waals surface area contributed by atoms with Gasteiger partial charge in [-0.15, -0.1) is 0 Å². The first-order valence-electron chi connectivity index (χ1n) is 6.26. The van der Waals surface area contributed by atoms with E-state index in [1.165, 1.54) is 6.92 Å². The number of rotatable bonds is 5. The zero-order valence-corrected chi connectivity index (χ0v) is 11.6. The second kappa shape index (κ2) is 6.21. The number of hydrogen-bond donors (Lipinski definition) is 1. The van der Waals surface area contributed by atoms with E-state index >= 15 is 0 Å². The molecule has 0 fully saturated rings. The molecule has 0 aromatic heterocycles. The van der Waals surface area contributed by atoms with Crippen LogP contribution in [-0.2, 0) is 11.3 Å². The molecule has 0 saturated carbocycles. The molecule has 0 saturated heterocycles. The fourth-order valence-electron chi connectivity index (χ4n) is 1.91. The molecule has 0 unspecified atom stereocenters. The van der Waals surface area contributed by atoms with Gasteiger partial charge < -0.3 is 15.2 Å². The third-order valence-electron chi connectivity index (χ3n) is 2.85. The number of ketones is 1. The lowest BCUT2D eigenvalue weighted by molar-refractivity contribution is 0.101. The van der Waals surface area contributed by atoms with Crippen molar-refractivity contribution in [2.75, 3.05) is 12.8 Å². The molecular formula is C16H17NO3. The summed E-state index contributed by atoms with van der Waals surface area (Å²) in [7, 11) is 1.65. The van der Waals surface area contributed by atoms with E-state index < -0.39 is 0 Å². The summed E-state index contributed by atoms with van der Waals surface area (Å²) in [6, 6.07) is 12.7. The predicted octanol–water partition coefficient (Wildman–Crippen LogP) is 3.41. The maximum Gasteiger partial charge on any atom is 0.162 e. The Balaban J connectivity index is 2.23. The molecular weight excluding hydrogens is 254 g/mol. The fourth-order valence-corrected chi connectivity index (χ4v) is 1.91. The monoisotopic (exact) mass is 271 g/mol. The van der Waals surface area contributed by atoms with Gasteiger partial charge >= 0.3 is 0 Å². The van der Waals surface area contributed by atoms with E-state index in [2.05, 4.69) is 0 Å². The summed E-state index contributed by atoms with van der Waals surface area (Å²) in [5.74, 6) is 1.19. The number of nitrogens with two attached hydrogens (primary N) is 1. The standard InChI is InChI=1S/C16H17NO3/c1-11(18)15-9-14(6-7-16(15)17)20-13-5-3-4-12(8-13)10-19-2/h3-9H,10,17H2,1-2H3. The van der Waals surface area contributed by atoms with Crippen molar-refractivity contribution in [2.24, 2.45) is 0 Å². The number of anilines is 1. The molecule has 2 aromatic carbocycles. The first-order valence-corrected chi connectivity index (χ1v) is 6.26. The highest BCUT2D eigenvalue weighted by atomic mass is 16.5. The fraction of sp³-hybridized carbons (Fsp3) is 0.188. The van der Waals surface area contributed by atoms with Crippen LogP contribution in [0.2, 0.25) is 0 Å². The lowest BCUT2D eigenvalue weighted by Crippen LogP contribution is -2.00. The van der Waals surface area contributed by atoms with Crippen LogP contribution in [-0.4, -0.2) is 12.9 Å². The SMILES string of the molecule is COCc1cccc(Oc2ccc(N)c(C(C)=O)c2)c1. The van der Waals surface area contributed by atoms with Gasteiger partial charge in [-0.2, -0.15) is 0 Å². The minimum absolute atomic E-state index is 0.0823. The van der Waals surface area contributed by atoms with Crippen LogP contribution in [0.15, 0.2) is 42.5 Å². The molecule has 0 bridgehead atoms. The molecule has 4 nitrogen and oxygen atoms in total. The molecule has 0 amide bonds. The summed E-state index contributed by atoms with van der Waals surface area (Å²) >= 11 is 0. The molecule has 0 heterocycles. The number of carbonyl (C=O) groups is 1.